The van der Waals surface area contributed by atoms with Gasteiger partial charge >= 0.3 is 12.4 Å². The van der Waals surface area contributed by atoms with Crippen LogP contribution in [-0.2, 0) is 30.1 Å². The number of carbonyl (C=O) groups is 1. The number of halogens is 6. The lowest BCUT2D eigenvalue weighted by Crippen LogP contribution is -2.49. The predicted octanol–water partition coefficient (Wildman–Crippen LogP) is 7.16. The van der Waals surface area contributed by atoms with Crippen LogP contribution in [0.25, 0.3) is 0 Å². The Balaban J connectivity index is 1.48. The van der Waals surface area contributed by atoms with Crippen molar-refractivity contribution in [1.29, 1.82) is 0 Å². The maximum absolute atomic E-state index is 13.6. The Morgan fingerprint density at radius 1 is 0.974 bits per heavy atom. The number of amides is 1. The first-order valence-corrected chi connectivity index (χ1v) is 13.2. The van der Waals surface area contributed by atoms with Gasteiger partial charge in [0.05, 0.1) is 29.2 Å². The Morgan fingerprint density at radius 3 is 2.15 bits per heavy atom. The van der Waals surface area contributed by atoms with Crippen LogP contribution in [0.1, 0.15) is 73.9 Å². The maximum Gasteiger partial charge on any atom is 0.416 e. The van der Waals surface area contributed by atoms with Gasteiger partial charge in [-0.15, -0.1) is 0 Å². The fraction of sp³-hybridized carbons (Fsp3) is 0.552. The highest BCUT2D eigenvalue weighted by molar-refractivity contribution is 5.83. The Bertz CT molecular complexity index is 1150. The first-order valence-electron chi connectivity index (χ1n) is 13.2. The van der Waals surface area contributed by atoms with Gasteiger partial charge in [0.1, 0.15) is 5.75 Å². The normalized spacial score (nSPS) is 18.5. The lowest BCUT2D eigenvalue weighted by molar-refractivity contribution is -0.143. The van der Waals surface area contributed by atoms with E-state index in [0.29, 0.717) is 51.1 Å². The molecule has 1 N–H and O–H groups in total. The number of alkyl halides is 6. The predicted molar refractivity (Wildman–Crippen MR) is 135 cm³/mol. The average Bonchev–Trinajstić information content (AvgIpc) is 3.31. The topological polar surface area (TPSA) is 41.6 Å². The van der Waals surface area contributed by atoms with Crippen LogP contribution in [0.15, 0.2) is 36.4 Å². The fourth-order valence-corrected chi connectivity index (χ4v) is 5.70. The molecule has 1 saturated heterocycles. The van der Waals surface area contributed by atoms with Crippen LogP contribution in [-0.4, -0.2) is 30.5 Å². The summed E-state index contributed by atoms with van der Waals surface area (Å²) < 4.78 is 85.7. The molecule has 0 saturated carbocycles. The van der Waals surface area contributed by atoms with Crippen molar-refractivity contribution in [2.24, 2.45) is 11.3 Å². The number of carbonyl (C=O) groups excluding carboxylic acids is 1. The number of ether oxygens (including phenoxy) is 1. The Hall–Kier alpha value is -2.75. The average molecular weight is 557 g/mol. The Morgan fingerprint density at radius 2 is 1.59 bits per heavy atom. The van der Waals surface area contributed by atoms with Gasteiger partial charge in [-0.2, -0.15) is 26.3 Å². The summed E-state index contributed by atoms with van der Waals surface area (Å²) in [7, 11) is 0. The minimum absolute atomic E-state index is 0.0992. The smallest absolute Gasteiger partial charge is 0.416 e. The Kier molecular flexibility index (Phi) is 8.26. The van der Waals surface area contributed by atoms with Gasteiger partial charge in [0.2, 0.25) is 5.91 Å². The molecule has 0 aliphatic carbocycles. The zero-order valence-corrected chi connectivity index (χ0v) is 22.3. The van der Waals surface area contributed by atoms with Crippen molar-refractivity contribution in [3.63, 3.8) is 0 Å². The summed E-state index contributed by atoms with van der Waals surface area (Å²) in [5, 5.41) is 2.76. The quantitative estimate of drug-likeness (QED) is 0.368. The van der Waals surface area contributed by atoms with Gasteiger partial charge in [-0.3, -0.25) is 9.69 Å². The number of likely N-dealkylation sites (tertiary alicyclic amines) is 1. The molecule has 2 aliphatic rings. The molecule has 1 atom stereocenters. The first-order chi connectivity index (χ1) is 18.2. The van der Waals surface area contributed by atoms with Gasteiger partial charge in [0.25, 0.3) is 0 Å². The largest absolute Gasteiger partial charge is 0.493 e. The third kappa shape index (κ3) is 6.88. The number of hydrogen-bond acceptors (Lipinski definition) is 3. The second kappa shape index (κ2) is 11.0. The third-order valence-electron chi connectivity index (χ3n) is 7.71. The number of nitrogens with one attached hydrogen (secondary N) is 1. The van der Waals surface area contributed by atoms with Gasteiger partial charge in [-0.05, 0) is 86.1 Å². The van der Waals surface area contributed by atoms with Crippen molar-refractivity contribution in [3.8, 4) is 5.75 Å². The minimum Gasteiger partial charge on any atom is -0.493 e. The highest BCUT2D eigenvalue weighted by Gasteiger charge is 2.43. The zero-order valence-electron chi connectivity index (χ0n) is 22.3. The van der Waals surface area contributed by atoms with E-state index in [2.05, 4.69) is 16.3 Å². The monoisotopic (exact) mass is 556 g/mol. The molecule has 214 valence electrons. The van der Waals surface area contributed by atoms with E-state index in [0.717, 1.165) is 18.7 Å². The van der Waals surface area contributed by atoms with E-state index in [9.17, 15) is 31.1 Å². The molecule has 2 aliphatic heterocycles. The van der Waals surface area contributed by atoms with Crippen molar-refractivity contribution >= 4 is 5.91 Å². The number of rotatable bonds is 7. The van der Waals surface area contributed by atoms with E-state index in [-0.39, 0.29) is 23.5 Å². The van der Waals surface area contributed by atoms with Crippen molar-refractivity contribution in [2.75, 3.05) is 19.7 Å². The van der Waals surface area contributed by atoms with Crippen LogP contribution in [0.5, 0.6) is 5.75 Å². The number of piperidine rings is 1. The van der Waals surface area contributed by atoms with Gasteiger partial charge < -0.3 is 10.1 Å². The molecule has 4 nitrogen and oxygen atoms in total. The molecule has 1 amide bonds. The summed E-state index contributed by atoms with van der Waals surface area (Å²) >= 11 is 0. The lowest BCUT2D eigenvalue weighted by atomic mass is 9.71. The molecule has 0 unspecified atom stereocenters. The fourth-order valence-electron chi connectivity index (χ4n) is 5.70. The molecule has 10 heteroatoms. The number of fused-ring (bicyclic) bond motifs is 1. The van der Waals surface area contributed by atoms with E-state index in [1.165, 1.54) is 18.1 Å². The first kappa shape index (κ1) is 29.2. The summed E-state index contributed by atoms with van der Waals surface area (Å²) in [6, 6.07) is 6.60. The maximum atomic E-state index is 13.6. The van der Waals surface area contributed by atoms with Crippen molar-refractivity contribution in [3.05, 3.63) is 64.2 Å². The second-order valence-electron chi connectivity index (χ2n) is 11.2. The van der Waals surface area contributed by atoms with Gasteiger partial charge in [0.15, 0.2) is 0 Å². The van der Waals surface area contributed by atoms with Gasteiger partial charge in [-0.1, -0.05) is 26.0 Å². The van der Waals surface area contributed by atoms with Gasteiger partial charge in [-0.25, -0.2) is 0 Å². The van der Waals surface area contributed by atoms with Gasteiger partial charge in [0, 0.05) is 13.0 Å². The molecule has 4 rings (SSSR count). The number of benzene rings is 2. The summed E-state index contributed by atoms with van der Waals surface area (Å²) in [6.07, 6.45) is -7.34. The van der Waals surface area contributed by atoms with E-state index in [1.807, 2.05) is 26.0 Å². The van der Waals surface area contributed by atoms with Crippen molar-refractivity contribution in [2.45, 2.75) is 71.4 Å². The molecule has 2 heterocycles. The molecular formula is C29H34F6N2O2. The van der Waals surface area contributed by atoms with Crippen LogP contribution < -0.4 is 10.1 Å². The number of nitrogens with zero attached hydrogens (tertiary/aromatic N) is 1. The van der Waals surface area contributed by atoms with Crippen LogP contribution in [0.4, 0.5) is 26.3 Å². The van der Waals surface area contributed by atoms with Crippen LogP contribution >= 0.6 is 0 Å². The molecule has 39 heavy (non-hydrogen) atoms. The molecule has 1 fully saturated rings. The SMILES string of the molecule is CC(C)CC1(C(=O)N[C@H](C)c2cc(C(F)(F)F)cc(C(F)(F)F)c2)CCN(Cc2ccc3c(c2)CCO3)CC1. The van der Waals surface area contributed by atoms with Crippen LogP contribution in [0, 0.1) is 11.3 Å². The summed E-state index contributed by atoms with van der Waals surface area (Å²) in [6.45, 7) is 8.15. The highest BCUT2D eigenvalue weighted by atomic mass is 19.4. The number of hydrogen-bond donors (Lipinski definition) is 1. The van der Waals surface area contributed by atoms with Crippen LogP contribution in [0.2, 0.25) is 0 Å². The van der Waals surface area contributed by atoms with Crippen molar-refractivity contribution in [1.82, 2.24) is 10.2 Å². The minimum atomic E-state index is -4.95. The Labute approximate surface area is 224 Å². The summed E-state index contributed by atoms with van der Waals surface area (Å²) in [4.78, 5) is 15.9. The third-order valence-corrected chi connectivity index (χ3v) is 7.71. The van der Waals surface area contributed by atoms with E-state index in [1.54, 1.807) is 0 Å². The van der Waals surface area contributed by atoms with E-state index < -0.39 is 34.9 Å². The molecule has 2 aromatic rings. The molecular weight excluding hydrogens is 522 g/mol. The van der Waals surface area contributed by atoms with Crippen molar-refractivity contribution < 1.29 is 35.9 Å². The van der Waals surface area contributed by atoms with E-state index in [4.69, 9.17) is 4.74 Å². The second-order valence-corrected chi connectivity index (χ2v) is 11.2. The summed E-state index contributed by atoms with van der Waals surface area (Å²) in [5.41, 5.74) is -1.41. The molecule has 2 aromatic carbocycles. The van der Waals surface area contributed by atoms with Crippen LogP contribution in [0.3, 0.4) is 0 Å². The standard InChI is InChI=1S/C29H34F6N2O2/c1-18(2)16-27(7-9-37(10-8-27)17-20-4-5-25-21(12-20)6-11-39-25)26(38)36-19(3)22-13-23(28(30,31)32)15-24(14-22)29(33,34)35/h4-5,12-15,18-19H,6-11,16-17H2,1-3H3,(H,36,38)/t19-/m1/s1. The molecule has 0 radical (unpaired) electrons. The molecule has 0 spiro atoms. The summed E-state index contributed by atoms with van der Waals surface area (Å²) in [5.74, 6) is 0.769. The zero-order chi connectivity index (χ0) is 28.6. The van der Waals surface area contributed by atoms with E-state index >= 15 is 0 Å². The molecule has 0 aromatic heterocycles. The molecule has 0 bridgehead atoms. The highest BCUT2D eigenvalue weighted by Crippen LogP contribution is 2.41. The lowest BCUT2D eigenvalue weighted by Gasteiger charge is -2.42.